The molecule has 1 unspecified atom stereocenters. The molecule has 0 saturated carbocycles. The van der Waals surface area contributed by atoms with Crippen LogP contribution in [-0.2, 0) is 28.7 Å². The molecule has 0 aromatic heterocycles. The molecule has 0 aromatic rings. The van der Waals surface area contributed by atoms with Crippen LogP contribution < -0.4 is 16.4 Å². The summed E-state index contributed by atoms with van der Waals surface area (Å²) in [5.74, 6) is -3.59. The van der Waals surface area contributed by atoms with E-state index in [1.54, 1.807) is 33.8 Å². The molecule has 11 nitrogen and oxygen atoms in total. The lowest BCUT2D eigenvalue weighted by Gasteiger charge is -2.34. The fourth-order valence-corrected chi connectivity index (χ4v) is 5.58. The third kappa shape index (κ3) is 9.04. The van der Waals surface area contributed by atoms with Crippen molar-refractivity contribution in [2.75, 3.05) is 13.2 Å². The summed E-state index contributed by atoms with van der Waals surface area (Å²) in [4.78, 5) is 66.6. The number of nitrogens with zero attached hydrogens (tertiary/aromatic N) is 1. The minimum atomic E-state index is -1.13. The number of ether oxygens (including phenoxy) is 2. The van der Waals surface area contributed by atoms with Gasteiger partial charge in [0.25, 0.3) is 5.91 Å². The van der Waals surface area contributed by atoms with Crippen molar-refractivity contribution in [3.63, 3.8) is 0 Å². The summed E-state index contributed by atoms with van der Waals surface area (Å²) in [6, 6.07) is -3.18. The van der Waals surface area contributed by atoms with Crippen LogP contribution in [0, 0.1) is 17.8 Å². The Morgan fingerprint density at radius 3 is 2.35 bits per heavy atom. The lowest BCUT2D eigenvalue weighted by Crippen LogP contribution is -2.60. The van der Waals surface area contributed by atoms with Crippen molar-refractivity contribution in [3.05, 3.63) is 12.7 Å². The van der Waals surface area contributed by atoms with Crippen molar-refractivity contribution in [2.45, 2.75) is 110 Å². The van der Waals surface area contributed by atoms with E-state index in [9.17, 15) is 24.0 Å². The summed E-state index contributed by atoms with van der Waals surface area (Å²) in [6.07, 6.45) is 4.41. The third-order valence-electron chi connectivity index (χ3n) is 7.53. The van der Waals surface area contributed by atoms with Gasteiger partial charge in [-0.1, -0.05) is 45.6 Å². The highest BCUT2D eigenvalue weighted by atomic mass is 16.6. The summed E-state index contributed by atoms with van der Waals surface area (Å²) in [7, 11) is 0. The van der Waals surface area contributed by atoms with Crippen LogP contribution in [0.1, 0.15) is 80.1 Å². The topological polar surface area (TPSA) is 157 Å². The summed E-state index contributed by atoms with van der Waals surface area (Å²) in [6.45, 7) is 15.3. The summed E-state index contributed by atoms with van der Waals surface area (Å²) < 4.78 is 11.4. The molecule has 2 aliphatic rings. The van der Waals surface area contributed by atoms with Crippen molar-refractivity contribution in [3.8, 4) is 0 Å². The van der Waals surface area contributed by atoms with E-state index in [-0.39, 0.29) is 30.7 Å². The van der Waals surface area contributed by atoms with Crippen LogP contribution in [0.5, 0.6) is 0 Å². The van der Waals surface area contributed by atoms with E-state index in [4.69, 9.17) is 15.2 Å². The molecule has 2 fully saturated rings. The predicted molar refractivity (Wildman–Crippen MR) is 150 cm³/mol. The molecule has 0 spiro atoms. The molecule has 2 saturated heterocycles. The number of hydrogen-bond acceptors (Lipinski definition) is 7. The van der Waals surface area contributed by atoms with Crippen LogP contribution in [0.4, 0.5) is 4.79 Å². The van der Waals surface area contributed by atoms with Gasteiger partial charge in [-0.3, -0.25) is 19.2 Å². The Morgan fingerprint density at radius 1 is 1.15 bits per heavy atom. The zero-order valence-electron chi connectivity index (χ0n) is 24.9. The van der Waals surface area contributed by atoms with Gasteiger partial charge in [-0.05, 0) is 58.3 Å². The molecule has 0 aromatic carbocycles. The van der Waals surface area contributed by atoms with Gasteiger partial charge in [-0.15, -0.1) is 6.58 Å². The highest BCUT2D eigenvalue weighted by Crippen LogP contribution is 2.37. The van der Waals surface area contributed by atoms with E-state index in [0.29, 0.717) is 13.0 Å². The quantitative estimate of drug-likeness (QED) is 0.342. The first-order chi connectivity index (χ1) is 18.7. The second-order valence-corrected chi connectivity index (χ2v) is 12.2. The predicted octanol–water partition coefficient (Wildman–Crippen LogP) is 2.46. The number of amides is 4. The molecule has 6 atom stereocenters. The van der Waals surface area contributed by atoms with Crippen molar-refractivity contribution in [1.29, 1.82) is 0 Å². The van der Waals surface area contributed by atoms with Gasteiger partial charge in [0.15, 0.2) is 0 Å². The first kappa shape index (κ1) is 33.3. The van der Waals surface area contributed by atoms with Gasteiger partial charge in [0.2, 0.25) is 17.6 Å². The maximum absolute atomic E-state index is 14.2. The number of rotatable bonds is 5. The van der Waals surface area contributed by atoms with Crippen molar-refractivity contribution in [1.82, 2.24) is 15.5 Å². The number of Topliss-reactive ketones (excluding diaryl/α,β-unsaturated/α-hetero) is 1. The molecule has 2 aliphatic heterocycles. The van der Waals surface area contributed by atoms with Gasteiger partial charge in [0.1, 0.15) is 17.7 Å². The minimum absolute atomic E-state index is 0.0293. The summed E-state index contributed by atoms with van der Waals surface area (Å²) in [5.41, 5.74) is 4.51. The summed E-state index contributed by atoms with van der Waals surface area (Å²) in [5, 5.41) is 5.41. The van der Waals surface area contributed by atoms with Crippen LogP contribution in [0.3, 0.4) is 0 Å². The van der Waals surface area contributed by atoms with Crippen molar-refractivity contribution < 1.29 is 33.4 Å². The highest BCUT2D eigenvalue weighted by molar-refractivity contribution is 6.37. The monoisotopic (exact) mass is 564 g/mol. The maximum Gasteiger partial charge on any atom is 0.408 e. The fourth-order valence-electron chi connectivity index (χ4n) is 5.58. The molecular formula is C29H48N4O7. The Balaban J connectivity index is 2.52. The van der Waals surface area contributed by atoms with E-state index in [1.165, 1.54) is 4.90 Å². The minimum Gasteiger partial charge on any atom is -0.444 e. The average Bonchev–Trinajstić information content (AvgIpc) is 3.25. The first-order valence-electron chi connectivity index (χ1n) is 14.4. The number of hydrogen-bond donors (Lipinski definition) is 3. The zero-order valence-corrected chi connectivity index (χ0v) is 24.9. The highest BCUT2D eigenvalue weighted by Gasteiger charge is 2.50. The van der Waals surface area contributed by atoms with Gasteiger partial charge in [-0.2, -0.15) is 0 Å². The van der Waals surface area contributed by atoms with E-state index in [2.05, 4.69) is 17.2 Å². The average molecular weight is 565 g/mol. The molecule has 2 rings (SSSR count). The van der Waals surface area contributed by atoms with Gasteiger partial charge >= 0.3 is 6.09 Å². The molecular weight excluding hydrogens is 516 g/mol. The molecule has 2 heterocycles. The van der Waals surface area contributed by atoms with Crippen LogP contribution in [-0.4, -0.2) is 77.5 Å². The van der Waals surface area contributed by atoms with Gasteiger partial charge < -0.3 is 30.7 Å². The number of carbonyl (C=O) groups excluding carboxylic acids is 5. The van der Waals surface area contributed by atoms with Gasteiger partial charge in [0, 0.05) is 13.2 Å². The lowest BCUT2D eigenvalue weighted by atomic mass is 9.81. The second-order valence-electron chi connectivity index (χ2n) is 12.2. The first-order valence-corrected chi connectivity index (χ1v) is 14.4. The van der Waals surface area contributed by atoms with Crippen molar-refractivity contribution >= 4 is 29.6 Å². The van der Waals surface area contributed by atoms with E-state index >= 15 is 0 Å². The Morgan fingerprint density at radius 2 is 1.77 bits per heavy atom. The Hall–Kier alpha value is -2.95. The Kier molecular flexibility index (Phi) is 12.2. The largest absolute Gasteiger partial charge is 0.444 e. The fraction of sp³-hybridized carbons (Fsp3) is 0.759. The molecule has 40 heavy (non-hydrogen) atoms. The Labute approximate surface area is 237 Å². The van der Waals surface area contributed by atoms with E-state index in [1.807, 2.05) is 13.8 Å². The van der Waals surface area contributed by atoms with Crippen LogP contribution in [0.2, 0.25) is 0 Å². The number of nitrogens with two attached hydrogens (primary N) is 1. The number of alkyl carbamates (subject to hydrolysis) is 1. The molecule has 0 aliphatic carbocycles. The number of ketones is 1. The smallest absolute Gasteiger partial charge is 0.408 e. The SMILES string of the molecule is C=CC1CN2C(=O)[C@@H](NC(=O)OC(C)(C)C)[C@H](C)OCCCCCCC[C@@H](C(=O)C(N)=O)NC(=O)[C@@H]2[C@H]1C(C)C. The lowest BCUT2D eigenvalue weighted by molar-refractivity contribution is -0.145. The number of nitrogens with one attached hydrogen (secondary N) is 2. The number of carbonyl (C=O) groups is 5. The molecule has 4 N–H and O–H groups in total. The molecule has 4 amide bonds. The molecule has 0 radical (unpaired) electrons. The molecule has 0 bridgehead atoms. The Bertz CT molecular complexity index is 945. The zero-order chi connectivity index (χ0) is 30.2. The number of primary amides is 1. The standard InChI is InChI=1S/C29H48N4O7/c1-8-19-16-33-23(21(19)17(2)3)26(36)31-20(24(34)25(30)35)14-12-10-9-11-13-15-39-18(4)22(27(33)37)32-28(38)40-29(5,6)7/h8,17-23H,1,9-16H2,2-7H3,(H2,30,35)(H,31,36)(H,32,38)/t18-,19?,20-,21-,22-,23-/m0/s1. The molecule has 11 heteroatoms. The number of fused-ring (bicyclic) bond motifs is 1. The van der Waals surface area contributed by atoms with E-state index < -0.39 is 59.4 Å². The van der Waals surface area contributed by atoms with Gasteiger partial charge in [0.05, 0.1) is 12.1 Å². The van der Waals surface area contributed by atoms with Crippen molar-refractivity contribution in [2.24, 2.45) is 23.5 Å². The summed E-state index contributed by atoms with van der Waals surface area (Å²) >= 11 is 0. The third-order valence-corrected chi connectivity index (χ3v) is 7.53. The second kappa shape index (κ2) is 14.6. The van der Waals surface area contributed by atoms with Gasteiger partial charge in [-0.25, -0.2) is 4.79 Å². The van der Waals surface area contributed by atoms with Crippen LogP contribution in [0.15, 0.2) is 12.7 Å². The maximum atomic E-state index is 14.2. The van der Waals surface area contributed by atoms with Crippen LogP contribution >= 0.6 is 0 Å². The molecule has 226 valence electrons. The van der Waals surface area contributed by atoms with Crippen LogP contribution in [0.25, 0.3) is 0 Å². The van der Waals surface area contributed by atoms with E-state index in [0.717, 1.165) is 25.7 Å². The normalized spacial score (nSPS) is 29.3.